The average molecular weight is 273 g/mol. The number of rotatable bonds is 5. The molecule has 3 rings (SSSR count). The first-order chi connectivity index (χ1) is 9.93. The van der Waals surface area contributed by atoms with E-state index in [1.165, 1.54) is 57.2 Å². The van der Waals surface area contributed by atoms with Crippen molar-refractivity contribution in [3.05, 3.63) is 30.1 Å². The Labute approximate surface area is 122 Å². The Hall–Kier alpha value is -0.930. The Balaban J connectivity index is 1.41. The predicted molar refractivity (Wildman–Crippen MR) is 82.5 cm³/mol. The lowest BCUT2D eigenvalue weighted by Gasteiger charge is -2.44. The second kappa shape index (κ2) is 7.19. The highest BCUT2D eigenvalue weighted by molar-refractivity contribution is 5.07. The van der Waals surface area contributed by atoms with E-state index < -0.39 is 0 Å². The topological polar surface area (TPSA) is 28.2 Å². The zero-order chi connectivity index (χ0) is 13.6. The van der Waals surface area contributed by atoms with Gasteiger partial charge >= 0.3 is 0 Å². The van der Waals surface area contributed by atoms with Gasteiger partial charge in [0.1, 0.15) is 0 Å². The van der Waals surface area contributed by atoms with Crippen LogP contribution in [0.4, 0.5) is 0 Å². The molecule has 2 aliphatic rings. The van der Waals surface area contributed by atoms with Crippen LogP contribution in [0.1, 0.15) is 44.1 Å². The van der Waals surface area contributed by atoms with Gasteiger partial charge in [-0.25, -0.2) is 0 Å². The largest absolute Gasteiger partial charge is 0.311 e. The summed E-state index contributed by atoms with van der Waals surface area (Å²) >= 11 is 0. The van der Waals surface area contributed by atoms with Gasteiger partial charge in [0.05, 0.1) is 0 Å². The summed E-state index contributed by atoms with van der Waals surface area (Å²) in [5.41, 5.74) is 1.28. The molecule has 2 atom stereocenters. The van der Waals surface area contributed by atoms with Crippen LogP contribution >= 0.6 is 0 Å². The lowest BCUT2D eigenvalue weighted by atomic mass is 9.78. The average Bonchev–Trinajstić information content (AvgIpc) is 2.53. The van der Waals surface area contributed by atoms with Gasteiger partial charge in [0.2, 0.25) is 0 Å². The maximum Gasteiger partial charge on any atom is 0.0312 e. The fourth-order valence-corrected chi connectivity index (χ4v) is 3.96. The number of aromatic nitrogens is 1. The van der Waals surface area contributed by atoms with Crippen molar-refractivity contribution in [3.8, 4) is 0 Å². The monoisotopic (exact) mass is 273 g/mol. The molecule has 20 heavy (non-hydrogen) atoms. The second-order valence-electron chi connectivity index (χ2n) is 6.33. The van der Waals surface area contributed by atoms with E-state index in [1.807, 2.05) is 18.5 Å². The molecule has 1 aliphatic heterocycles. The highest BCUT2D eigenvalue weighted by Gasteiger charge is 2.32. The fourth-order valence-electron chi connectivity index (χ4n) is 3.96. The van der Waals surface area contributed by atoms with E-state index in [0.717, 1.165) is 25.0 Å². The molecule has 0 unspecified atom stereocenters. The fraction of sp³-hybridized carbons (Fsp3) is 0.706. The van der Waals surface area contributed by atoms with Gasteiger partial charge in [-0.1, -0.05) is 18.9 Å². The summed E-state index contributed by atoms with van der Waals surface area (Å²) in [6, 6.07) is 5.03. The number of nitrogens with zero attached hydrogens (tertiary/aromatic N) is 2. The maximum absolute atomic E-state index is 4.16. The molecule has 2 fully saturated rings. The molecule has 1 aromatic rings. The molecule has 0 amide bonds. The third kappa shape index (κ3) is 3.58. The zero-order valence-corrected chi connectivity index (χ0v) is 12.4. The normalized spacial score (nSPS) is 27.2. The van der Waals surface area contributed by atoms with Crippen molar-refractivity contribution >= 4 is 0 Å². The van der Waals surface area contributed by atoms with E-state index in [4.69, 9.17) is 0 Å². The molecular weight excluding hydrogens is 246 g/mol. The Morgan fingerprint density at radius 1 is 1.20 bits per heavy atom. The van der Waals surface area contributed by atoms with Crippen molar-refractivity contribution in [2.75, 3.05) is 19.6 Å². The van der Waals surface area contributed by atoms with Crippen LogP contribution in [-0.4, -0.2) is 35.6 Å². The highest BCUT2D eigenvalue weighted by atomic mass is 15.2. The molecule has 1 N–H and O–H groups in total. The summed E-state index contributed by atoms with van der Waals surface area (Å²) in [4.78, 5) is 6.91. The van der Waals surface area contributed by atoms with Gasteiger partial charge < -0.3 is 5.32 Å². The van der Waals surface area contributed by atoms with Crippen LogP contribution in [-0.2, 0) is 6.54 Å². The quantitative estimate of drug-likeness (QED) is 0.836. The second-order valence-corrected chi connectivity index (χ2v) is 6.33. The molecule has 3 nitrogen and oxygen atoms in total. The first kappa shape index (κ1) is 14.0. The Morgan fingerprint density at radius 3 is 3.00 bits per heavy atom. The van der Waals surface area contributed by atoms with Crippen LogP contribution in [0.25, 0.3) is 0 Å². The third-order valence-corrected chi connectivity index (χ3v) is 4.99. The predicted octanol–water partition coefficient (Wildman–Crippen LogP) is 2.83. The molecule has 1 aromatic heterocycles. The van der Waals surface area contributed by atoms with Crippen molar-refractivity contribution < 1.29 is 0 Å². The van der Waals surface area contributed by atoms with Crippen molar-refractivity contribution in [1.29, 1.82) is 0 Å². The summed E-state index contributed by atoms with van der Waals surface area (Å²) in [6.07, 6.45) is 12.5. The molecule has 0 spiro atoms. The van der Waals surface area contributed by atoms with Crippen molar-refractivity contribution in [3.63, 3.8) is 0 Å². The van der Waals surface area contributed by atoms with E-state index in [9.17, 15) is 0 Å². The van der Waals surface area contributed by atoms with E-state index in [-0.39, 0.29) is 0 Å². The van der Waals surface area contributed by atoms with Crippen LogP contribution in [0.3, 0.4) is 0 Å². The Bertz CT molecular complexity index is 390. The number of nitrogens with one attached hydrogen (secondary N) is 1. The van der Waals surface area contributed by atoms with Crippen LogP contribution in [0, 0.1) is 5.92 Å². The standard InChI is InChI=1S/C17H27N3/c1-2-8-17-16(6-1)7-4-11-20(17)12-10-19-14-15-5-3-9-18-13-15/h3,5,9,13,16-17,19H,1-2,4,6-8,10-12,14H2/t16-,17-/m1/s1. The van der Waals surface area contributed by atoms with E-state index >= 15 is 0 Å². The Kier molecular flexibility index (Phi) is 5.04. The minimum absolute atomic E-state index is 0.887. The Morgan fingerprint density at radius 2 is 2.10 bits per heavy atom. The van der Waals surface area contributed by atoms with Crippen LogP contribution in [0.5, 0.6) is 0 Å². The summed E-state index contributed by atoms with van der Waals surface area (Å²) in [7, 11) is 0. The summed E-state index contributed by atoms with van der Waals surface area (Å²) in [6.45, 7) is 4.56. The van der Waals surface area contributed by atoms with Gasteiger partial charge in [-0.2, -0.15) is 0 Å². The van der Waals surface area contributed by atoms with Crippen LogP contribution in [0.2, 0.25) is 0 Å². The van der Waals surface area contributed by atoms with Gasteiger partial charge in [0.25, 0.3) is 0 Å². The van der Waals surface area contributed by atoms with E-state index in [0.29, 0.717) is 0 Å². The summed E-state index contributed by atoms with van der Waals surface area (Å²) in [5.74, 6) is 0.996. The highest BCUT2D eigenvalue weighted by Crippen LogP contribution is 2.34. The number of hydrogen-bond donors (Lipinski definition) is 1. The lowest BCUT2D eigenvalue weighted by molar-refractivity contribution is 0.0618. The van der Waals surface area contributed by atoms with Crippen molar-refractivity contribution in [2.45, 2.75) is 51.1 Å². The van der Waals surface area contributed by atoms with Crippen molar-refractivity contribution in [1.82, 2.24) is 15.2 Å². The molecular formula is C17H27N3. The molecule has 0 bridgehead atoms. The lowest BCUT2D eigenvalue weighted by Crippen LogP contribution is -2.48. The van der Waals surface area contributed by atoms with Crippen molar-refractivity contribution in [2.24, 2.45) is 5.92 Å². The summed E-state index contributed by atoms with van der Waals surface area (Å²) < 4.78 is 0. The minimum Gasteiger partial charge on any atom is -0.311 e. The molecule has 3 heteroatoms. The first-order valence-corrected chi connectivity index (χ1v) is 8.27. The van der Waals surface area contributed by atoms with Crippen LogP contribution < -0.4 is 5.32 Å². The van der Waals surface area contributed by atoms with E-state index in [2.05, 4.69) is 21.3 Å². The number of hydrogen-bond acceptors (Lipinski definition) is 3. The van der Waals surface area contributed by atoms with Gasteiger partial charge in [-0.15, -0.1) is 0 Å². The maximum atomic E-state index is 4.16. The smallest absolute Gasteiger partial charge is 0.0312 e. The number of piperidine rings is 1. The number of fused-ring (bicyclic) bond motifs is 1. The van der Waals surface area contributed by atoms with E-state index in [1.54, 1.807) is 0 Å². The number of pyridine rings is 1. The summed E-state index contributed by atoms with van der Waals surface area (Å²) in [5, 5.41) is 3.56. The molecule has 1 saturated heterocycles. The van der Waals surface area contributed by atoms with Crippen LogP contribution in [0.15, 0.2) is 24.5 Å². The van der Waals surface area contributed by atoms with Gasteiger partial charge in [0, 0.05) is 38.1 Å². The SMILES string of the molecule is c1cncc(CNCCN2CCC[C@H]3CCCC[C@H]32)c1. The van der Waals surface area contributed by atoms with Gasteiger partial charge in [-0.3, -0.25) is 9.88 Å². The molecule has 0 aromatic carbocycles. The molecule has 1 saturated carbocycles. The zero-order valence-electron chi connectivity index (χ0n) is 12.4. The third-order valence-electron chi connectivity index (χ3n) is 4.99. The first-order valence-electron chi connectivity index (χ1n) is 8.27. The minimum atomic E-state index is 0.887. The molecule has 110 valence electrons. The molecule has 2 heterocycles. The van der Waals surface area contributed by atoms with Gasteiger partial charge in [0.15, 0.2) is 0 Å². The number of likely N-dealkylation sites (tertiary alicyclic amines) is 1. The molecule has 0 radical (unpaired) electrons. The van der Waals surface area contributed by atoms with Gasteiger partial charge in [-0.05, 0) is 49.8 Å². The molecule has 1 aliphatic carbocycles.